The molecule has 0 aliphatic carbocycles. The standard InChI is InChI=1S/C20H13F9O5S/c1-33-13-8-10-16(14(11-13)15(30)9-7-12-5-3-2-4-6-12)34-35(31,32)20(28,29)18(23,24)17(21,22)19(25,26)27/h2-11H,1H3/b9-7+. The van der Waals surface area contributed by atoms with Gasteiger partial charge in [0.25, 0.3) is 0 Å². The van der Waals surface area contributed by atoms with Crippen molar-refractivity contribution in [3.05, 3.63) is 65.7 Å². The van der Waals surface area contributed by atoms with E-state index in [1.165, 1.54) is 18.2 Å². The van der Waals surface area contributed by atoms with Crippen LogP contribution in [-0.4, -0.2) is 44.6 Å². The number of carbonyl (C=O) groups excluding carboxylic acids is 1. The van der Waals surface area contributed by atoms with Gasteiger partial charge in [0, 0.05) is 0 Å². The van der Waals surface area contributed by atoms with E-state index in [9.17, 15) is 52.7 Å². The number of ether oxygens (including phenoxy) is 1. The molecular weight excluding hydrogens is 523 g/mol. The number of benzene rings is 2. The van der Waals surface area contributed by atoms with Gasteiger partial charge >= 0.3 is 33.4 Å². The van der Waals surface area contributed by atoms with Gasteiger partial charge in [-0.2, -0.15) is 47.9 Å². The van der Waals surface area contributed by atoms with E-state index >= 15 is 0 Å². The molecule has 5 nitrogen and oxygen atoms in total. The first-order chi connectivity index (χ1) is 15.9. The van der Waals surface area contributed by atoms with Crippen LogP contribution in [0.15, 0.2) is 54.6 Å². The van der Waals surface area contributed by atoms with Crippen LogP contribution in [0.25, 0.3) is 6.08 Å². The summed E-state index contributed by atoms with van der Waals surface area (Å²) in [5.74, 6) is -17.6. The Balaban J connectivity index is 2.51. The summed E-state index contributed by atoms with van der Waals surface area (Å²) in [7, 11) is -6.16. The summed E-state index contributed by atoms with van der Waals surface area (Å²) < 4.78 is 150. The number of allylic oxidation sites excluding steroid dienone is 1. The van der Waals surface area contributed by atoms with Crippen molar-refractivity contribution in [3.8, 4) is 11.5 Å². The van der Waals surface area contributed by atoms with Crippen molar-refractivity contribution in [2.75, 3.05) is 7.11 Å². The minimum atomic E-state index is -7.49. The number of halogens is 9. The third-order valence-corrected chi connectivity index (χ3v) is 5.59. The van der Waals surface area contributed by atoms with Crippen LogP contribution in [0.5, 0.6) is 11.5 Å². The molecule has 2 rings (SSSR count). The molecule has 0 unspecified atom stereocenters. The van der Waals surface area contributed by atoms with E-state index in [-0.39, 0.29) is 5.75 Å². The molecule has 0 N–H and O–H groups in total. The molecule has 0 heterocycles. The topological polar surface area (TPSA) is 69.7 Å². The number of hydrogen-bond donors (Lipinski definition) is 0. The summed E-state index contributed by atoms with van der Waals surface area (Å²) in [4.78, 5) is 12.5. The number of carbonyl (C=O) groups is 1. The highest BCUT2D eigenvalue weighted by Crippen LogP contribution is 2.55. The van der Waals surface area contributed by atoms with E-state index in [4.69, 9.17) is 4.74 Å². The Morgan fingerprint density at radius 1 is 0.857 bits per heavy atom. The normalized spacial score (nSPS) is 13.7. The largest absolute Gasteiger partial charge is 0.497 e. The zero-order valence-corrected chi connectivity index (χ0v) is 17.9. The summed E-state index contributed by atoms with van der Waals surface area (Å²) in [5, 5.41) is -7.08. The Hall–Kier alpha value is -3.23. The van der Waals surface area contributed by atoms with Crippen molar-refractivity contribution in [3.63, 3.8) is 0 Å². The van der Waals surface area contributed by atoms with Crippen molar-refractivity contribution in [2.45, 2.75) is 23.3 Å². The summed E-state index contributed by atoms with van der Waals surface area (Å²) in [6.45, 7) is 0. The second kappa shape index (κ2) is 9.43. The second-order valence-corrected chi connectivity index (χ2v) is 8.26. The van der Waals surface area contributed by atoms with E-state index in [1.807, 2.05) is 0 Å². The van der Waals surface area contributed by atoms with E-state index in [2.05, 4.69) is 4.18 Å². The van der Waals surface area contributed by atoms with Crippen LogP contribution in [0.4, 0.5) is 39.5 Å². The van der Waals surface area contributed by atoms with Gasteiger partial charge in [-0.05, 0) is 29.8 Å². The predicted molar refractivity (Wildman–Crippen MR) is 103 cm³/mol. The van der Waals surface area contributed by atoms with Crippen LogP contribution < -0.4 is 8.92 Å². The molecule has 0 fully saturated rings. The lowest BCUT2D eigenvalue weighted by Gasteiger charge is -2.32. The number of hydrogen-bond acceptors (Lipinski definition) is 5. The van der Waals surface area contributed by atoms with Crippen molar-refractivity contribution in [1.29, 1.82) is 0 Å². The van der Waals surface area contributed by atoms with Crippen LogP contribution in [0.1, 0.15) is 15.9 Å². The van der Waals surface area contributed by atoms with Crippen molar-refractivity contribution < 1.29 is 61.6 Å². The lowest BCUT2D eigenvalue weighted by atomic mass is 10.1. The fourth-order valence-corrected chi connectivity index (χ4v) is 3.34. The SMILES string of the molecule is COc1ccc(OS(=O)(=O)C(F)(F)C(F)(F)C(F)(F)C(F)(F)F)c(C(=O)/C=C/c2ccccc2)c1. The maximum atomic E-state index is 14.0. The van der Waals surface area contributed by atoms with Gasteiger partial charge < -0.3 is 8.92 Å². The molecule has 0 saturated carbocycles. The fraction of sp³-hybridized carbons (Fsp3) is 0.250. The van der Waals surface area contributed by atoms with Crippen molar-refractivity contribution >= 4 is 22.0 Å². The summed E-state index contributed by atoms with van der Waals surface area (Å²) >= 11 is 0. The van der Waals surface area contributed by atoms with Crippen LogP contribution >= 0.6 is 0 Å². The Kier molecular flexibility index (Phi) is 7.55. The number of alkyl halides is 9. The quantitative estimate of drug-likeness (QED) is 0.177. The smallest absolute Gasteiger partial charge is 0.460 e. The molecule has 0 aromatic heterocycles. The first-order valence-corrected chi connectivity index (χ1v) is 10.4. The van der Waals surface area contributed by atoms with Crippen molar-refractivity contribution in [1.82, 2.24) is 0 Å². The van der Waals surface area contributed by atoms with Crippen LogP contribution in [0.2, 0.25) is 0 Å². The zero-order valence-electron chi connectivity index (χ0n) is 17.1. The third kappa shape index (κ3) is 5.23. The molecule has 0 atom stereocenters. The lowest BCUT2D eigenvalue weighted by Crippen LogP contribution is -2.63. The Bertz CT molecular complexity index is 1210. The minimum Gasteiger partial charge on any atom is -0.497 e. The fourth-order valence-electron chi connectivity index (χ4n) is 2.42. The van der Waals surface area contributed by atoms with E-state index in [1.54, 1.807) is 18.2 Å². The van der Waals surface area contributed by atoms with Gasteiger partial charge in [-0.15, -0.1) is 0 Å². The molecule has 0 aliphatic heterocycles. The van der Waals surface area contributed by atoms with E-state index in [0.717, 1.165) is 25.3 Å². The molecule has 0 amide bonds. The zero-order chi connectivity index (χ0) is 26.9. The van der Waals surface area contributed by atoms with Crippen LogP contribution in [0, 0.1) is 0 Å². The van der Waals surface area contributed by atoms with Crippen LogP contribution in [0.3, 0.4) is 0 Å². The van der Waals surface area contributed by atoms with E-state index in [0.29, 0.717) is 11.6 Å². The molecule has 2 aromatic carbocycles. The predicted octanol–water partition coefficient (Wildman–Crippen LogP) is 5.73. The maximum Gasteiger partial charge on any atom is 0.460 e. The molecule has 0 bridgehead atoms. The van der Waals surface area contributed by atoms with Gasteiger partial charge in [-0.1, -0.05) is 36.4 Å². The monoisotopic (exact) mass is 536 g/mol. The molecule has 0 saturated heterocycles. The summed E-state index contributed by atoms with van der Waals surface area (Å²) in [5.41, 5.74) is -0.429. The Morgan fingerprint density at radius 3 is 1.94 bits per heavy atom. The first-order valence-electron chi connectivity index (χ1n) is 8.98. The molecule has 0 spiro atoms. The van der Waals surface area contributed by atoms with Gasteiger partial charge in [0.15, 0.2) is 11.5 Å². The molecular formula is C20H13F9O5S. The van der Waals surface area contributed by atoms with Crippen molar-refractivity contribution in [2.24, 2.45) is 0 Å². The highest BCUT2D eigenvalue weighted by molar-refractivity contribution is 7.88. The summed E-state index contributed by atoms with van der Waals surface area (Å²) in [6, 6.07) is 9.89. The van der Waals surface area contributed by atoms with E-state index < -0.39 is 50.5 Å². The lowest BCUT2D eigenvalue weighted by molar-refractivity contribution is -0.382. The maximum absolute atomic E-state index is 14.0. The molecule has 15 heteroatoms. The molecule has 0 radical (unpaired) electrons. The van der Waals surface area contributed by atoms with Gasteiger partial charge in [0.1, 0.15) is 5.75 Å². The molecule has 35 heavy (non-hydrogen) atoms. The Labute approximate surface area is 191 Å². The van der Waals surface area contributed by atoms with Gasteiger partial charge in [0.2, 0.25) is 0 Å². The Morgan fingerprint density at radius 2 is 1.43 bits per heavy atom. The molecule has 192 valence electrons. The van der Waals surface area contributed by atoms with Crippen LogP contribution in [-0.2, 0) is 10.1 Å². The van der Waals surface area contributed by atoms with Gasteiger partial charge in [-0.3, -0.25) is 4.79 Å². The highest BCUT2D eigenvalue weighted by Gasteiger charge is 2.86. The number of rotatable bonds is 9. The second-order valence-electron chi connectivity index (χ2n) is 6.67. The number of methoxy groups -OCH3 is 1. The minimum absolute atomic E-state index is 0.174. The number of ketones is 1. The molecule has 0 aliphatic rings. The first kappa shape index (κ1) is 28.0. The third-order valence-electron chi connectivity index (χ3n) is 4.31. The highest BCUT2D eigenvalue weighted by atomic mass is 32.2. The average molecular weight is 536 g/mol. The molecule has 2 aromatic rings. The van der Waals surface area contributed by atoms with Gasteiger partial charge in [0.05, 0.1) is 12.7 Å². The summed E-state index contributed by atoms with van der Waals surface area (Å²) in [6.07, 6.45) is -5.25. The van der Waals surface area contributed by atoms with Gasteiger partial charge in [-0.25, -0.2) is 0 Å². The average Bonchev–Trinajstić information content (AvgIpc) is 2.77.